The molecule has 0 saturated heterocycles. The predicted molar refractivity (Wildman–Crippen MR) is 136 cm³/mol. The van der Waals surface area contributed by atoms with Gasteiger partial charge in [0.15, 0.2) is 17.3 Å². The number of hydrogen-bond acceptors (Lipinski definition) is 6. The van der Waals surface area contributed by atoms with Gasteiger partial charge in [-0.15, -0.1) is 0 Å². The van der Waals surface area contributed by atoms with Gasteiger partial charge in [0.05, 0.1) is 17.3 Å². The maximum atomic E-state index is 11.0. The molecule has 0 rings (SSSR count). The van der Waals surface area contributed by atoms with Crippen LogP contribution in [0.3, 0.4) is 0 Å². The van der Waals surface area contributed by atoms with Gasteiger partial charge in [0.2, 0.25) is 0 Å². The molecule has 0 unspecified atom stereocenters. The minimum atomic E-state index is -0.0316. The van der Waals surface area contributed by atoms with Crippen LogP contribution in [0.1, 0.15) is 83.1 Å². The molecule has 6 nitrogen and oxygen atoms in total. The van der Waals surface area contributed by atoms with E-state index in [1.165, 1.54) is 18.2 Å². The van der Waals surface area contributed by atoms with Crippen molar-refractivity contribution in [2.45, 2.75) is 83.1 Å². The van der Waals surface area contributed by atoms with Crippen molar-refractivity contribution >= 4 is 17.3 Å². The van der Waals surface area contributed by atoms with Crippen molar-refractivity contribution in [3.8, 4) is 0 Å². The summed E-state index contributed by atoms with van der Waals surface area (Å²) in [5.41, 5.74) is 0. The van der Waals surface area contributed by atoms with E-state index < -0.39 is 0 Å². The zero-order chi connectivity index (χ0) is 27.0. The van der Waals surface area contributed by atoms with Crippen LogP contribution in [-0.2, 0) is 31.5 Å². The quantitative estimate of drug-likeness (QED) is 0.171. The number of carbonyl (C=O) groups is 3. The average molecular weight is 525 g/mol. The summed E-state index contributed by atoms with van der Waals surface area (Å²) in [5, 5.41) is 27.6. The summed E-state index contributed by atoms with van der Waals surface area (Å²) in [6.45, 7) is 22.0. The molecular formula is C27H48FeO6. The molecule has 0 spiro atoms. The maximum Gasteiger partial charge on any atom is 0.161 e. The van der Waals surface area contributed by atoms with Crippen LogP contribution in [-0.4, -0.2) is 32.7 Å². The average Bonchev–Trinajstić information content (AvgIpc) is 2.67. The minimum Gasteiger partial charge on any atom is -0.512 e. The van der Waals surface area contributed by atoms with Gasteiger partial charge in [-0.25, -0.2) is 0 Å². The van der Waals surface area contributed by atoms with Crippen LogP contribution in [0.2, 0.25) is 0 Å². The number of hydrogen-bond donors (Lipinski definition) is 3. The molecule has 0 fully saturated rings. The maximum absolute atomic E-state index is 11.0. The second-order valence-electron chi connectivity index (χ2n) is 9.84. The Kier molecular flexibility index (Phi) is 23.8. The van der Waals surface area contributed by atoms with Gasteiger partial charge in [0.1, 0.15) is 0 Å². The molecule has 0 bridgehead atoms. The Hall–Kier alpha value is -1.85. The van der Waals surface area contributed by atoms with Crippen molar-refractivity contribution < 1.29 is 46.8 Å². The summed E-state index contributed by atoms with van der Waals surface area (Å²) >= 11 is 0. The van der Waals surface area contributed by atoms with Crippen LogP contribution in [0.5, 0.6) is 0 Å². The van der Waals surface area contributed by atoms with E-state index in [2.05, 4.69) is 0 Å². The number of allylic oxidation sites excluding steroid dienone is 6. The first-order valence-corrected chi connectivity index (χ1v) is 11.7. The molecule has 0 aromatic rings. The zero-order valence-electron chi connectivity index (χ0n) is 23.1. The summed E-state index contributed by atoms with van der Waals surface area (Å²) in [5.74, 6) is 0.482. The Morgan fingerprint density at radius 3 is 0.647 bits per heavy atom. The third kappa shape index (κ3) is 22.0. The van der Waals surface area contributed by atoms with Gasteiger partial charge in [-0.2, -0.15) is 0 Å². The molecule has 0 saturated carbocycles. The Morgan fingerprint density at radius 1 is 0.412 bits per heavy atom. The van der Waals surface area contributed by atoms with E-state index in [1.54, 1.807) is 0 Å². The van der Waals surface area contributed by atoms with Crippen molar-refractivity contribution in [2.75, 3.05) is 0 Å². The van der Waals surface area contributed by atoms with Crippen LogP contribution in [0.25, 0.3) is 0 Å². The SMILES string of the molecule is CC(C)C(=O)C=C(O)C(C)C.CC(C)C(=O)C=C(O)C(C)C.CC(C)C(=O)C=C(O)C(C)C.[Fe]. The second kappa shape index (κ2) is 20.5. The normalized spacial score (nSPS) is 12.4. The molecular weight excluding hydrogens is 476 g/mol. The van der Waals surface area contributed by atoms with Crippen LogP contribution < -0.4 is 0 Å². The first-order valence-electron chi connectivity index (χ1n) is 11.7. The number of carbonyl (C=O) groups excluding carboxylic acids is 3. The molecule has 7 heteroatoms. The fraction of sp³-hybridized carbons (Fsp3) is 0.667. The van der Waals surface area contributed by atoms with Gasteiger partial charge in [-0.1, -0.05) is 83.1 Å². The molecule has 0 aromatic heterocycles. The summed E-state index contributed by atoms with van der Waals surface area (Å²) in [4.78, 5) is 33.1. The zero-order valence-corrected chi connectivity index (χ0v) is 24.2. The topological polar surface area (TPSA) is 112 Å². The predicted octanol–water partition coefficient (Wildman–Crippen LogP) is 6.93. The summed E-state index contributed by atoms with van der Waals surface area (Å²) in [7, 11) is 0. The largest absolute Gasteiger partial charge is 0.512 e. The van der Waals surface area contributed by atoms with Crippen molar-refractivity contribution in [1.82, 2.24) is 0 Å². The van der Waals surface area contributed by atoms with Crippen molar-refractivity contribution in [3.63, 3.8) is 0 Å². The van der Waals surface area contributed by atoms with Gasteiger partial charge < -0.3 is 15.3 Å². The smallest absolute Gasteiger partial charge is 0.161 e. The number of aliphatic hydroxyl groups is 3. The van der Waals surface area contributed by atoms with E-state index >= 15 is 0 Å². The van der Waals surface area contributed by atoms with E-state index in [0.29, 0.717) is 0 Å². The van der Waals surface area contributed by atoms with Crippen LogP contribution in [0.15, 0.2) is 35.5 Å². The molecule has 0 aliphatic carbocycles. The van der Waals surface area contributed by atoms with Gasteiger partial charge in [0, 0.05) is 70.8 Å². The summed E-state index contributed by atoms with van der Waals surface area (Å²) < 4.78 is 0. The summed E-state index contributed by atoms with van der Waals surface area (Å²) in [6, 6.07) is 0. The first kappa shape index (κ1) is 39.4. The molecule has 0 heterocycles. The van der Waals surface area contributed by atoms with E-state index in [-0.39, 0.29) is 87.2 Å². The van der Waals surface area contributed by atoms with Crippen LogP contribution >= 0.6 is 0 Å². The molecule has 0 aliphatic heterocycles. The second-order valence-corrected chi connectivity index (χ2v) is 9.84. The molecule has 200 valence electrons. The third-order valence-corrected chi connectivity index (χ3v) is 4.35. The Balaban J connectivity index is -0.000000196. The Morgan fingerprint density at radius 2 is 0.559 bits per heavy atom. The van der Waals surface area contributed by atoms with Gasteiger partial charge in [0.25, 0.3) is 0 Å². The Bertz CT molecular complexity index is 601. The minimum absolute atomic E-state index is 0. The number of ketones is 3. The first-order chi connectivity index (χ1) is 14.8. The number of rotatable bonds is 9. The van der Waals surface area contributed by atoms with Crippen LogP contribution in [0.4, 0.5) is 0 Å². The van der Waals surface area contributed by atoms with Crippen molar-refractivity contribution in [2.24, 2.45) is 35.5 Å². The van der Waals surface area contributed by atoms with E-state index in [1.807, 2.05) is 83.1 Å². The van der Waals surface area contributed by atoms with Crippen LogP contribution in [0, 0.1) is 35.5 Å². The third-order valence-electron chi connectivity index (χ3n) is 4.35. The van der Waals surface area contributed by atoms with E-state index in [9.17, 15) is 29.7 Å². The monoisotopic (exact) mass is 524 g/mol. The van der Waals surface area contributed by atoms with Gasteiger partial charge in [-0.05, 0) is 0 Å². The van der Waals surface area contributed by atoms with Crippen molar-refractivity contribution in [1.29, 1.82) is 0 Å². The molecule has 3 N–H and O–H groups in total. The van der Waals surface area contributed by atoms with Gasteiger partial charge >= 0.3 is 0 Å². The van der Waals surface area contributed by atoms with Crippen molar-refractivity contribution in [3.05, 3.63) is 35.5 Å². The molecule has 0 aromatic carbocycles. The fourth-order valence-corrected chi connectivity index (χ4v) is 1.44. The number of aliphatic hydroxyl groups excluding tert-OH is 3. The standard InChI is InChI=1S/3C9H16O2.Fe/c3*1-6(2)8(10)5-9(11)7(3)4;/h3*5-7,10H,1-4H3;. The molecule has 0 aliphatic rings. The molecule has 34 heavy (non-hydrogen) atoms. The molecule has 0 radical (unpaired) electrons. The Labute approximate surface area is 218 Å². The van der Waals surface area contributed by atoms with Gasteiger partial charge in [-0.3, -0.25) is 14.4 Å². The fourth-order valence-electron chi connectivity index (χ4n) is 1.44. The van der Waals surface area contributed by atoms with E-state index in [0.717, 1.165) is 0 Å². The molecule has 0 amide bonds. The van der Waals surface area contributed by atoms with E-state index in [4.69, 9.17) is 0 Å². The molecule has 0 atom stereocenters. The summed E-state index contributed by atoms with van der Waals surface area (Å²) in [6.07, 6.45) is 3.94.